The second-order valence-electron chi connectivity index (χ2n) is 7.66. The van der Waals surface area contributed by atoms with Crippen molar-refractivity contribution in [1.29, 1.82) is 0 Å². The Hall–Kier alpha value is -3.90. The number of ketones is 1. The normalized spacial score (nSPS) is 11.7. The first kappa shape index (κ1) is 22.3. The Bertz CT molecular complexity index is 1290. The lowest BCUT2D eigenvalue weighted by molar-refractivity contribution is 0.0696. The van der Waals surface area contributed by atoms with Gasteiger partial charge in [-0.05, 0) is 54.3 Å². The van der Waals surface area contributed by atoms with Crippen LogP contribution < -0.4 is 4.74 Å². The minimum Gasteiger partial charge on any atom is -0.506 e. The smallest absolute Gasteiger partial charge is 0.335 e. The van der Waals surface area contributed by atoms with Crippen molar-refractivity contribution in [3.05, 3.63) is 117 Å². The molecule has 3 aromatic carbocycles. The average Bonchev–Trinajstić information content (AvgIpc) is 3.20. The van der Waals surface area contributed by atoms with E-state index in [4.69, 9.17) is 4.74 Å². The van der Waals surface area contributed by atoms with Gasteiger partial charge < -0.3 is 14.9 Å². The number of aromatic hydroxyl groups is 1. The maximum absolute atomic E-state index is 11.9. The summed E-state index contributed by atoms with van der Waals surface area (Å²) in [6.45, 7) is 1.42. The molecule has 0 amide bonds. The standard InChI is InChI=1S/C27H22O5S/c1-17(28)23-16-33-26(24(23)29)25(32-22-11-3-2-4-12-22)20-9-5-7-18(14-20)13-19-8-6-10-21(15-19)27(30)31/h2-12,14-16,25,29H,13H2,1H3,(H,30,31). The number of rotatable bonds is 8. The minimum absolute atomic E-state index is 0.0620. The highest BCUT2D eigenvalue weighted by Crippen LogP contribution is 2.40. The third kappa shape index (κ3) is 5.13. The second-order valence-corrected chi connectivity index (χ2v) is 8.57. The van der Waals surface area contributed by atoms with Crippen LogP contribution in [0.4, 0.5) is 0 Å². The van der Waals surface area contributed by atoms with Crippen molar-refractivity contribution in [1.82, 2.24) is 0 Å². The van der Waals surface area contributed by atoms with Crippen LogP contribution in [0.2, 0.25) is 0 Å². The second kappa shape index (κ2) is 9.71. The summed E-state index contributed by atoms with van der Waals surface area (Å²) in [5, 5.41) is 21.7. The third-order valence-electron chi connectivity index (χ3n) is 5.24. The molecule has 1 heterocycles. The van der Waals surface area contributed by atoms with E-state index in [1.54, 1.807) is 23.6 Å². The molecule has 0 bridgehead atoms. The van der Waals surface area contributed by atoms with E-state index in [9.17, 15) is 19.8 Å². The topological polar surface area (TPSA) is 83.8 Å². The third-order valence-corrected chi connectivity index (χ3v) is 6.26. The first-order valence-electron chi connectivity index (χ1n) is 10.4. The van der Waals surface area contributed by atoms with E-state index in [1.807, 2.05) is 60.7 Å². The average molecular weight is 459 g/mol. The molecule has 0 aliphatic heterocycles. The molecule has 0 radical (unpaired) electrons. The molecular formula is C27H22O5S. The van der Waals surface area contributed by atoms with E-state index < -0.39 is 12.1 Å². The molecule has 2 N–H and O–H groups in total. The van der Waals surface area contributed by atoms with Gasteiger partial charge in [0.05, 0.1) is 16.0 Å². The Morgan fingerprint density at radius 2 is 1.64 bits per heavy atom. The van der Waals surface area contributed by atoms with Crippen LogP contribution in [0.15, 0.2) is 84.2 Å². The fourth-order valence-corrected chi connectivity index (χ4v) is 4.68. The maximum Gasteiger partial charge on any atom is 0.335 e. The van der Waals surface area contributed by atoms with E-state index in [2.05, 4.69) is 0 Å². The van der Waals surface area contributed by atoms with E-state index in [0.29, 0.717) is 17.0 Å². The van der Waals surface area contributed by atoms with Gasteiger partial charge in [0.2, 0.25) is 0 Å². The number of carboxylic acids is 1. The van der Waals surface area contributed by atoms with Gasteiger partial charge in [-0.25, -0.2) is 4.79 Å². The van der Waals surface area contributed by atoms with Gasteiger partial charge in [0, 0.05) is 5.38 Å². The fraction of sp³-hybridized carbons (Fsp3) is 0.111. The van der Waals surface area contributed by atoms with Gasteiger partial charge in [0.25, 0.3) is 0 Å². The summed E-state index contributed by atoms with van der Waals surface area (Å²) in [5.74, 6) is -0.593. The largest absolute Gasteiger partial charge is 0.506 e. The number of thiophene rings is 1. The molecule has 0 aliphatic rings. The molecule has 0 saturated carbocycles. The van der Waals surface area contributed by atoms with Gasteiger partial charge >= 0.3 is 5.97 Å². The number of para-hydroxylation sites is 1. The van der Waals surface area contributed by atoms with Crippen LogP contribution in [0.5, 0.6) is 11.5 Å². The number of hydrogen-bond acceptors (Lipinski definition) is 5. The number of Topliss-reactive ketones (excluding diaryl/α,β-unsaturated/α-hetero) is 1. The zero-order valence-corrected chi connectivity index (χ0v) is 18.7. The van der Waals surface area contributed by atoms with Gasteiger partial charge in [-0.15, -0.1) is 11.3 Å². The number of ether oxygens (including phenoxy) is 1. The van der Waals surface area contributed by atoms with Crippen molar-refractivity contribution in [2.45, 2.75) is 19.4 Å². The highest BCUT2D eigenvalue weighted by Gasteiger charge is 2.25. The molecule has 166 valence electrons. The van der Waals surface area contributed by atoms with Gasteiger partial charge in [-0.2, -0.15) is 0 Å². The molecule has 0 spiro atoms. The number of carbonyl (C=O) groups is 2. The Morgan fingerprint density at radius 3 is 2.30 bits per heavy atom. The van der Waals surface area contributed by atoms with Gasteiger partial charge in [-0.3, -0.25) is 4.79 Å². The first-order chi connectivity index (χ1) is 15.9. The van der Waals surface area contributed by atoms with E-state index in [0.717, 1.165) is 16.7 Å². The van der Waals surface area contributed by atoms with Crippen LogP contribution in [0, 0.1) is 0 Å². The predicted octanol–water partition coefficient (Wildman–Crippen LogP) is 6.11. The van der Waals surface area contributed by atoms with Gasteiger partial charge in [-0.1, -0.05) is 54.6 Å². The Labute approximate surface area is 195 Å². The van der Waals surface area contributed by atoms with Crippen LogP contribution in [0.3, 0.4) is 0 Å². The lowest BCUT2D eigenvalue weighted by atomic mass is 9.98. The van der Waals surface area contributed by atoms with Crippen LogP contribution in [0.1, 0.15) is 55.3 Å². The summed E-state index contributed by atoms with van der Waals surface area (Å²) in [7, 11) is 0. The van der Waals surface area contributed by atoms with E-state index in [-0.39, 0.29) is 22.7 Å². The highest BCUT2D eigenvalue weighted by molar-refractivity contribution is 7.10. The Kier molecular flexibility index (Phi) is 6.56. The van der Waals surface area contributed by atoms with E-state index in [1.165, 1.54) is 18.3 Å². The summed E-state index contributed by atoms with van der Waals surface area (Å²) in [5.41, 5.74) is 3.19. The molecule has 4 rings (SSSR count). The summed E-state index contributed by atoms with van der Waals surface area (Å²) >= 11 is 1.28. The molecule has 1 aromatic heterocycles. The zero-order valence-electron chi connectivity index (χ0n) is 17.9. The molecule has 1 atom stereocenters. The first-order valence-corrected chi connectivity index (χ1v) is 11.2. The van der Waals surface area contributed by atoms with Crippen molar-refractivity contribution < 1.29 is 24.5 Å². The predicted molar refractivity (Wildman–Crippen MR) is 128 cm³/mol. The van der Waals surface area contributed by atoms with Crippen molar-refractivity contribution >= 4 is 23.1 Å². The molecular weight excluding hydrogens is 436 g/mol. The number of benzene rings is 3. The lowest BCUT2D eigenvalue weighted by Gasteiger charge is -2.20. The Balaban J connectivity index is 1.71. The molecule has 5 nitrogen and oxygen atoms in total. The van der Waals surface area contributed by atoms with Gasteiger partial charge in [0.15, 0.2) is 11.9 Å². The number of carbonyl (C=O) groups excluding carboxylic acids is 1. The fourth-order valence-electron chi connectivity index (χ4n) is 3.63. The Morgan fingerprint density at radius 1 is 0.939 bits per heavy atom. The number of hydrogen-bond donors (Lipinski definition) is 2. The molecule has 0 saturated heterocycles. The SMILES string of the molecule is CC(=O)c1csc(C(Oc2ccccc2)c2cccc(Cc3cccc(C(=O)O)c3)c2)c1O. The monoisotopic (exact) mass is 458 g/mol. The number of aromatic carboxylic acids is 1. The highest BCUT2D eigenvalue weighted by atomic mass is 32.1. The van der Waals surface area contributed by atoms with Crippen molar-refractivity contribution in [3.63, 3.8) is 0 Å². The van der Waals surface area contributed by atoms with Crippen LogP contribution in [0.25, 0.3) is 0 Å². The van der Waals surface area contributed by atoms with Crippen LogP contribution in [-0.4, -0.2) is 22.0 Å². The van der Waals surface area contributed by atoms with Crippen molar-refractivity contribution in [2.75, 3.05) is 0 Å². The molecule has 0 aliphatic carbocycles. The molecule has 4 aromatic rings. The molecule has 1 unspecified atom stereocenters. The summed E-state index contributed by atoms with van der Waals surface area (Å²) in [4.78, 5) is 23.7. The quantitative estimate of drug-likeness (QED) is 0.311. The molecule has 0 fully saturated rings. The van der Waals surface area contributed by atoms with Crippen molar-refractivity contribution in [2.24, 2.45) is 0 Å². The van der Waals surface area contributed by atoms with Gasteiger partial charge in [0.1, 0.15) is 11.5 Å². The van der Waals surface area contributed by atoms with E-state index >= 15 is 0 Å². The molecule has 6 heteroatoms. The minimum atomic E-state index is -0.962. The van der Waals surface area contributed by atoms with Crippen molar-refractivity contribution in [3.8, 4) is 11.5 Å². The maximum atomic E-state index is 11.9. The summed E-state index contributed by atoms with van der Waals surface area (Å²) < 4.78 is 6.28. The summed E-state index contributed by atoms with van der Waals surface area (Å²) in [6, 6.07) is 23.9. The number of carboxylic acid groups (broad SMARTS) is 1. The lowest BCUT2D eigenvalue weighted by Crippen LogP contribution is -2.09. The van der Waals surface area contributed by atoms with Crippen LogP contribution >= 0.6 is 11.3 Å². The molecule has 33 heavy (non-hydrogen) atoms. The zero-order chi connectivity index (χ0) is 23.4. The van der Waals surface area contributed by atoms with Crippen LogP contribution in [-0.2, 0) is 6.42 Å². The summed E-state index contributed by atoms with van der Waals surface area (Å²) in [6.07, 6.45) is -0.0712.